The van der Waals surface area contributed by atoms with E-state index in [0.717, 1.165) is 24.4 Å². The van der Waals surface area contributed by atoms with Crippen molar-refractivity contribution >= 4 is 0 Å². The molecular weight excluding hydrogens is 236 g/mol. The second kappa shape index (κ2) is 6.53. The molecule has 2 rings (SSSR count). The van der Waals surface area contributed by atoms with E-state index in [1.54, 1.807) is 6.26 Å². The average molecular weight is 258 g/mol. The number of nitrogens with one attached hydrogen (secondary N) is 1. The van der Waals surface area contributed by atoms with Crippen LogP contribution < -0.4 is 5.32 Å². The van der Waals surface area contributed by atoms with Crippen LogP contribution in [0.15, 0.2) is 41.1 Å². The number of aryl methyl sites for hydroxylation is 1. The smallest absolute Gasteiger partial charge is 0.124 e. The Morgan fingerprint density at radius 3 is 2.74 bits per heavy atom. The van der Waals surface area contributed by atoms with Crippen LogP contribution in [0.4, 0.5) is 0 Å². The lowest BCUT2D eigenvalue weighted by molar-refractivity contribution is 0.371. The normalized spacial score (nSPS) is 14.3. The standard InChI is InChI=1S/C16H22N2O/c1-4-9-18-15(16-12(2)8-11-19-16)13(3)14-7-5-6-10-17-14/h5-8,10-11,13,15,18H,4,9H2,1-3H3. The van der Waals surface area contributed by atoms with Gasteiger partial charge in [0.05, 0.1) is 12.3 Å². The van der Waals surface area contributed by atoms with Gasteiger partial charge in [0.25, 0.3) is 0 Å². The molecule has 0 aliphatic heterocycles. The summed E-state index contributed by atoms with van der Waals surface area (Å²) in [6.07, 6.45) is 4.71. The molecule has 0 aromatic carbocycles. The molecule has 2 aromatic rings. The molecule has 2 aromatic heterocycles. The van der Waals surface area contributed by atoms with E-state index in [9.17, 15) is 0 Å². The number of hydrogen-bond acceptors (Lipinski definition) is 3. The Morgan fingerprint density at radius 1 is 1.32 bits per heavy atom. The average Bonchev–Trinajstić information content (AvgIpc) is 2.86. The third-order valence-electron chi connectivity index (χ3n) is 3.45. The molecule has 3 nitrogen and oxygen atoms in total. The Morgan fingerprint density at radius 2 is 2.16 bits per heavy atom. The molecule has 0 aliphatic rings. The fraction of sp³-hybridized carbons (Fsp3) is 0.438. The summed E-state index contributed by atoms with van der Waals surface area (Å²) in [6, 6.07) is 8.24. The molecule has 1 N–H and O–H groups in total. The van der Waals surface area contributed by atoms with Crippen molar-refractivity contribution in [2.24, 2.45) is 0 Å². The van der Waals surface area contributed by atoms with Crippen molar-refractivity contribution in [3.63, 3.8) is 0 Å². The van der Waals surface area contributed by atoms with E-state index < -0.39 is 0 Å². The van der Waals surface area contributed by atoms with Crippen molar-refractivity contribution in [3.05, 3.63) is 53.7 Å². The monoisotopic (exact) mass is 258 g/mol. The van der Waals surface area contributed by atoms with Crippen molar-refractivity contribution in [3.8, 4) is 0 Å². The Bertz CT molecular complexity index is 492. The largest absolute Gasteiger partial charge is 0.467 e. The molecule has 0 amide bonds. The molecule has 0 saturated heterocycles. The lowest BCUT2D eigenvalue weighted by Gasteiger charge is -2.23. The summed E-state index contributed by atoms with van der Waals surface area (Å²) < 4.78 is 5.68. The topological polar surface area (TPSA) is 38.1 Å². The molecule has 0 saturated carbocycles. The summed E-state index contributed by atoms with van der Waals surface area (Å²) in [5.74, 6) is 1.30. The lowest BCUT2D eigenvalue weighted by atomic mass is 9.94. The number of hydrogen-bond donors (Lipinski definition) is 1. The van der Waals surface area contributed by atoms with Crippen LogP contribution in [-0.4, -0.2) is 11.5 Å². The van der Waals surface area contributed by atoms with Crippen molar-refractivity contribution in [1.29, 1.82) is 0 Å². The number of aromatic nitrogens is 1. The summed E-state index contributed by atoms with van der Waals surface area (Å²) in [6.45, 7) is 7.43. The SMILES string of the molecule is CCCNC(c1occc1C)C(C)c1ccccn1. The maximum Gasteiger partial charge on any atom is 0.124 e. The highest BCUT2D eigenvalue weighted by molar-refractivity contribution is 5.23. The molecule has 0 bridgehead atoms. The summed E-state index contributed by atoms with van der Waals surface area (Å²) >= 11 is 0. The van der Waals surface area contributed by atoms with E-state index in [-0.39, 0.29) is 12.0 Å². The zero-order valence-electron chi connectivity index (χ0n) is 11.9. The molecule has 2 heterocycles. The van der Waals surface area contributed by atoms with E-state index in [1.807, 2.05) is 24.4 Å². The van der Waals surface area contributed by atoms with Crippen molar-refractivity contribution in [1.82, 2.24) is 10.3 Å². The fourth-order valence-electron chi connectivity index (χ4n) is 2.32. The van der Waals surface area contributed by atoms with Crippen LogP contribution in [0.2, 0.25) is 0 Å². The highest BCUT2D eigenvalue weighted by Gasteiger charge is 2.25. The minimum atomic E-state index is 0.171. The van der Waals surface area contributed by atoms with Gasteiger partial charge >= 0.3 is 0 Å². The Hall–Kier alpha value is -1.61. The quantitative estimate of drug-likeness (QED) is 0.855. The van der Waals surface area contributed by atoms with Crippen LogP contribution in [0.1, 0.15) is 49.2 Å². The van der Waals surface area contributed by atoms with E-state index in [1.165, 1.54) is 5.56 Å². The Kier molecular flexibility index (Phi) is 4.74. The molecule has 0 aliphatic carbocycles. The van der Waals surface area contributed by atoms with Crippen LogP contribution in [0.25, 0.3) is 0 Å². The van der Waals surface area contributed by atoms with Gasteiger partial charge in [-0.1, -0.05) is 19.9 Å². The predicted molar refractivity (Wildman–Crippen MR) is 77.1 cm³/mol. The van der Waals surface area contributed by atoms with E-state index >= 15 is 0 Å². The van der Waals surface area contributed by atoms with Crippen LogP contribution in [0.5, 0.6) is 0 Å². The van der Waals surface area contributed by atoms with Crippen LogP contribution in [0.3, 0.4) is 0 Å². The van der Waals surface area contributed by atoms with Crippen LogP contribution in [0, 0.1) is 6.92 Å². The first-order chi connectivity index (χ1) is 9.24. The van der Waals surface area contributed by atoms with Crippen molar-refractivity contribution < 1.29 is 4.42 Å². The van der Waals surface area contributed by atoms with Gasteiger partial charge in [-0.3, -0.25) is 4.98 Å². The number of furan rings is 1. The number of pyridine rings is 1. The second-order valence-corrected chi connectivity index (χ2v) is 4.94. The van der Waals surface area contributed by atoms with Crippen LogP contribution >= 0.6 is 0 Å². The maximum absolute atomic E-state index is 5.68. The van der Waals surface area contributed by atoms with Gasteiger partial charge in [0.1, 0.15) is 5.76 Å². The predicted octanol–water partition coefficient (Wildman–Crippen LogP) is 3.83. The zero-order chi connectivity index (χ0) is 13.7. The molecular formula is C16H22N2O. The van der Waals surface area contributed by atoms with Crippen LogP contribution in [-0.2, 0) is 0 Å². The van der Waals surface area contributed by atoms with Gasteiger partial charge in [-0.15, -0.1) is 0 Å². The second-order valence-electron chi connectivity index (χ2n) is 4.94. The number of nitrogens with zero attached hydrogens (tertiary/aromatic N) is 1. The minimum Gasteiger partial charge on any atom is -0.467 e. The van der Waals surface area contributed by atoms with E-state index in [2.05, 4.69) is 37.1 Å². The van der Waals surface area contributed by atoms with Gasteiger partial charge < -0.3 is 9.73 Å². The summed E-state index contributed by atoms with van der Waals surface area (Å²) in [5.41, 5.74) is 2.28. The first-order valence-electron chi connectivity index (χ1n) is 6.92. The Labute approximate surface area is 115 Å². The summed E-state index contributed by atoms with van der Waals surface area (Å²) in [7, 11) is 0. The highest BCUT2D eigenvalue weighted by Crippen LogP contribution is 2.31. The summed E-state index contributed by atoms with van der Waals surface area (Å²) in [4.78, 5) is 4.47. The van der Waals surface area contributed by atoms with E-state index in [4.69, 9.17) is 4.42 Å². The van der Waals surface area contributed by atoms with Gasteiger partial charge in [-0.25, -0.2) is 0 Å². The molecule has 3 heteroatoms. The lowest BCUT2D eigenvalue weighted by Crippen LogP contribution is -2.27. The Balaban J connectivity index is 2.25. The van der Waals surface area contributed by atoms with Gasteiger partial charge in [-0.2, -0.15) is 0 Å². The van der Waals surface area contributed by atoms with Gasteiger partial charge in [-0.05, 0) is 43.7 Å². The fourth-order valence-corrected chi connectivity index (χ4v) is 2.32. The third kappa shape index (κ3) is 3.24. The van der Waals surface area contributed by atoms with Crippen molar-refractivity contribution in [2.45, 2.75) is 39.2 Å². The molecule has 0 fully saturated rings. The number of rotatable bonds is 6. The van der Waals surface area contributed by atoms with Gasteiger partial charge in [0.2, 0.25) is 0 Å². The minimum absolute atomic E-state index is 0.171. The van der Waals surface area contributed by atoms with Gasteiger partial charge in [0, 0.05) is 17.8 Å². The van der Waals surface area contributed by atoms with E-state index in [0.29, 0.717) is 0 Å². The summed E-state index contributed by atoms with van der Waals surface area (Å²) in [5, 5.41) is 3.58. The molecule has 0 spiro atoms. The maximum atomic E-state index is 5.68. The molecule has 102 valence electrons. The molecule has 2 unspecified atom stereocenters. The highest BCUT2D eigenvalue weighted by atomic mass is 16.3. The van der Waals surface area contributed by atoms with Crippen molar-refractivity contribution in [2.75, 3.05) is 6.54 Å². The third-order valence-corrected chi connectivity index (χ3v) is 3.45. The van der Waals surface area contributed by atoms with Gasteiger partial charge in [0.15, 0.2) is 0 Å². The zero-order valence-corrected chi connectivity index (χ0v) is 11.9. The molecule has 0 radical (unpaired) electrons. The first-order valence-corrected chi connectivity index (χ1v) is 6.92. The molecule has 2 atom stereocenters. The first kappa shape index (κ1) is 13.8. The molecule has 19 heavy (non-hydrogen) atoms.